The molecule has 4 aromatic carbocycles. The number of hydrogen-bond donors (Lipinski definition) is 1. The summed E-state index contributed by atoms with van der Waals surface area (Å²) in [6.45, 7) is 0. The van der Waals surface area contributed by atoms with Gasteiger partial charge in [0.05, 0.1) is 0 Å². The maximum Gasteiger partial charge on any atom is 0.141 e. The fourth-order valence-corrected chi connectivity index (χ4v) is 6.31. The first-order valence-electron chi connectivity index (χ1n) is 13.0. The molecular formula is C20H29B14N. The van der Waals surface area contributed by atoms with Crippen LogP contribution in [0, 0.1) is 0 Å². The molecule has 0 aliphatic rings. The molecule has 0 fully saturated rings. The van der Waals surface area contributed by atoms with E-state index in [1.165, 1.54) is 109 Å². The summed E-state index contributed by atoms with van der Waals surface area (Å²) < 4.78 is 0. The van der Waals surface area contributed by atoms with Gasteiger partial charge >= 0.3 is 0 Å². The Labute approximate surface area is 224 Å². The molecule has 0 saturated heterocycles. The maximum atomic E-state index is 4.09. The minimum Gasteiger partial charge on any atom is -0.356 e. The van der Waals surface area contributed by atoms with Crippen molar-refractivity contribution < 1.29 is 0 Å². The molecule has 0 bridgehead atoms. The highest BCUT2D eigenvalue weighted by Crippen LogP contribution is 2.23. The van der Waals surface area contributed by atoms with Crippen molar-refractivity contribution in [3.05, 3.63) is 0 Å². The van der Waals surface area contributed by atoms with E-state index < -0.39 is 0 Å². The number of hydrogen-bond acceptors (Lipinski definition) is 1. The van der Waals surface area contributed by atoms with Crippen molar-refractivity contribution in [3.8, 4) is 0 Å². The second kappa shape index (κ2) is 8.89. The predicted molar refractivity (Wildman–Crippen MR) is 206 cm³/mol. The molecule has 35 heavy (non-hydrogen) atoms. The van der Waals surface area contributed by atoms with Crippen LogP contribution in [-0.2, 0) is 0 Å². The lowest BCUT2D eigenvalue weighted by molar-refractivity contribution is 1.72. The van der Waals surface area contributed by atoms with E-state index in [0.29, 0.717) is 0 Å². The molecule has 4 rings (SSSR count). The van der Waals surface area contributed by atoms with Crippen molar-refractivity contribution in [3.63, 3.8) is 0 Å². The van der Waals surface area contributed by atoms with Gasteiger partial charge in [-0.25, -0.2) is 0 Å². The maximum absolute atomic E-state index is 4.09. The summed E-state index contributed by atoms with van der Waals surface area (Å²) in [7, 11) is 32.1. The van der Waals surface area contributed by atoms with Crippen LogP contribution in [0.1, 0.15) is 0 Å². The van der Waals surface area contributed by atoms with E-state index >= 15 is 0 Å². The third-order valence-electron chi connectivity index (χ3n) is 9.88. The zero-order valence-corrected chi connectivity index (χ0v) is 24.5. The fourth-order valence-electron chi connectivity index (χ4n) is 6.31. The van der Waals surface area contributed by atoms with Gasteiger partial charge in [0.15, 0.2) is 0 Å². The lowest BCUT2D eigenvalue weighted by atomic mass is 9.59. The van der Waals surface area contributed by atoms with Gasteiger partial charge in [-0.15, -0.1) is 21.9 Å². The number of rotatable bonds is 2. The van der Waals surface area contributed by atoms with E-state index in [2.05, 4.69) is 115 Å². The number of benzene rings is 4. The topological polar surface area (TPSA) is 12.0 Å². The van der Waals surface area contributed by atoms with Crippen LogP contribution in [0.15, 0.2) is 0 Å². The van der Waals surface area contributed by atoms with Crippen LogP contribution in [0.2, 0.25) is 0 Å². The van der Waals surface area contributed by atoms with Gasteiger partial charge in [-0.2, -0.15) is 0 Å². The monoisotopic (exact) mass is 437 g/mol. The highest BCUT2D eigenvalue weighted by Gasteiger charge is 2.22. The van der Waals surface area contributed by atoms with Crippen LogP contribution in [0.3, 0.4) is 0 Å². The van der Waals surface area contributed by atoms with E-state index in [-0.39, 0.29) is 0 Å². The lowest BCUT2D eigenvalue weighted by Gasteiger charge is -2.28. The van der Waals surface area contributed by atoms with Gasteiger partial charge < -0.3 is 5.32 Å². The highest BCUT2D eigenvalue weighted by atomic mass is 14.9. The van der Waals surface area contributed by atoms with E-state index in [0.717, 1.165) is 0 Å². The zero-order chi connectivity index (χ0) is 26.3. The fraction of sp³-hybridized carbons (Fsp3) is 0. The van der Waals surface area contributed by atoms with Crippen LogP contribution in [0.5, 0.6) is 0 Å². The first-order chi connectivity index (χ1) is 16.2. The highest BCUT2D eigenvalue weighted by molar-refractivity contribution is 6.74. The second-order valence-electron chi connectivity index (χ2n) is 11.1. The molecule has 0 radical (unpaired) electrons. The molecule has 156 valence electrons. The van der Waals surface area contributed by atoms with Gasteiger partial charge in [-0.05, 0) is 21.5 Å². The molecule has 1 nitrogen and oxygen atoms in total. The van der Waals surface area contributed by atoms with Crippen molar-refractivity contribution in [2.75, 3.05) is 5.32 Å². The predicted octanol–water partition coefficient (Wildman–Crippen LogP) is -18.6. The Kier molecular flexibility index (Phi) is 6.65. The molecule has 0 aromatic heterocycles. The van der Waals surface area contributed by atoms with Gasteiger partial charge in [0.25, 0.3) is 0 Å². The standard InChI is InChI=1S/C20H29B14N/c21-5-1-3(9(25)13(29)11(5)27)19(17(33)15(31)7(1)23)35-20-4-2(8(24)16(32)18(20)34)6(22)12(28)14(30)10(4)26/h35H,21-34H2. The summed E-state index contributed by atoms with van der Waals surface area (Å²) in [4.78, 5) is 0. The van der Waals surface area contributed by atoms with Crippen molar-refractivity contribution in [2.24, 2.45) is 0 Å². The van der Waals surface area contributed by atoms with E-state index in [9.17, 15) is 0 Å². The molecule has 0 aliphatic carbocycles. The summed E-state index contributed by atoms with van der Waals surface area (Å²) in [5.74, 6) is 0. The Balaban J connectivity index is 2.23. The molecule has 0 spiro atoms. The van der Waals surface area contributed by atoms with Crippen LogP contribution in [-0.4, -0.2) is 110 Å². The minimum atomic E-state index is 1.27. The van der Waals surface area contributed by atoms with Gasteiger partial charge in [0, 0.05) is 11.4 Å². The molecule has 0 saturated carbocycles. The van der Waals surface area contributed by atoms with E-state index in [1.807, 2.05) is 0 Å². The number of nitrogens with one attached hydrogen (secondary N) is 1. The summed E-state index contributed by atoms with van der Waals surface area (Å²) in [6.07, 6.45) is 0. The normalized spacial score (nSPS) is 11.3. The first kappa shape index (κ1) is 26.2. The quantitative estimate of drug-likeness (QED) is 0.309. The Morgan fingerprint density at radius 3 is 0.686 bits per heavy atom. The minimum absolute atomic E-state index is 1.27. The molecule has 0 heterocycles. The Morgan fingerprint density at radius 2 is 0.429 bits per heavy atom. The SMILES string of the molecule is Bc1c(B)c(B)c2c(Nc3c(B)c(B)c(B)c4c(B)c(B)c(B)c(B)c34)c(B)c(B)c(B)c2c1B. The van der Waals surface area contributed by atoms with Gasteiger partial charge in [0.1, 0.15) is 110 Å². The third kappa shape index (κ3) is 3.58. The molecule has 4 aromatic rings. The summed E-state index contributed by atoms with van der Waals surface area (Å²) >= 11 is 0. The van der Waals surface area contributed by atoms with Crippen molar-refractivity contribution in [1.82, 2.24) is 0 Å². The van der Waals surface area contributed by atoms with Crippen molar-refractivity contribution in [1.29, 1.82) is 0 Å². The number of anilines is 2. The van der Waals surface area contributed by atoms with Crippen molar-refractivity contribution >= 4 is 219 Å². The zero-order valence-electron chi connectivity index (χ0n) is 24.5. The van der Waals surface area contributed by atoms with Gasteiger partial charge in [-0.3, -0.25) is 0 Å². The first-order valence-corrected chi connectivity index (χ1v) is 13.0. The molecule has 1 N–H and O–H groups in total. The summed E-state index contributed by atoms with van der Waals surface area (Å²) in [5, 5.41) is 9.70. The van der Waals surface area contributed by atoms with Crippen molar-refractivity contribution in [2.45, 2.75) is 0 Å². The number of fused-ring (bicyclic) bond motifs is 2. The largest absolute Gasteiger partial charge is 0.356 e. The van der Waals surface area contributed by atoms with Crippen LogP contribution < -0.4 is 81.8 Å². The Bertz CT molecular complexity index is 1480. The summed E-state index contributed by atoms with van der Waals surface area (Å²) in [5.41, 5.74) is 22.1. The van der Waals surface area contributed by atoms with Crippen LogP contribution >= 0.6 is 0 Å². The third-order valence-corrected chi connectivity index (χ3v) is 9.88. The Morgan fingerprint density at radius 1 is 0.229 bits per heavy atom. The second-order valence-corrected chi connectivity index (χ2v) is 11.1. The molecule has 0 unspecified atom stereocenters. The molecule has 0 amide bonds. The molecule has 0 aliphatic heterocycles. The van der Waals surface area contributed by atoms with Gasteiger partial charge in [-0.1, -0.05) is 54.6 Å². The van der Waals surface area contributed by atoms with Crippen LogP contribution in [0.4, 0.5) is 11.4 Å². The average molecular weight is 435 g/mol. The molecule has 0 atom stereocenters. The molecular weight excluding hydrogens is 406 g/mol. The van der Waals surface area contributed by atoms with E-state index in [1.54, 1.807) is 0 Å². The van der Waals surface area contributed by atoms with Crippen LogP contribution in [0.25, 0.3) is 21.5 Å². The van der Waals surface area contributed by atoms with Gasteiger partial charge in [0.2, 0.25) is 0 Å². The lowest BCUT2D eigenvalue weighted by Crippen LogP contribution is -2.53. The smallest absolute Gasteiger partial charge is 0.141 e. The average Bonchev–Trinajstić information content (AvgIpc) is 2.83. The Hall–Kier alpha value is -1.89. The van der Waals surface area contributed by atoms with E-state index in [4.69, 9.17) is 0 Å². The molecule has 15 heteroatoms. The summed E-state index contributed by atoms with van der Waals surface area (Å²) in [6, 6.07) is 0.